The third kappa shape index (κ3) is 4.26. The van der Waals surface area contributed by atoms with Crippen LogP contribution in [0.4, 0.5) is 4.79 Å². The fraction of sp³-hybridized carbons (Fsp3) is 0.421. The van der Waals surface area contributed by atoms with Gasteiger partial charge in [-0.15, -0.1) is 0 Å². The van der Waals surface area contributed by atoms with Gasteiger partial charge in [-0.1, -0.05) is 0 Å². The Kier molecular flexibility index (Phi) is 7.23. The van der Waals surface area contributed by atoms with Crippen LogP contribution >= 0.6 is 22.6 Å². The molecule has 0 radical (unpaired) electrons. The maximum Gasteiger partial charge on any atom is 0.333 e. The van der Waals surface area contributed by atoms with Gasteiger partial charge in [0.15, 0.2) is 11.5 Å². The second kappa shape index (κ2) is 9.20. The highest BCUT2D eigenvalue weighted by molar-refractivity contribution is 14.1. The molecule has 1 aliphatic rings. The van der Waals surface area contributed by atoms with Crippen LogP contribution in [0.3, 0.4) is 0 Å². The first-order valence-corrected chi connectivity index (χ1v) is 9.95. The minimum atomic E-state index is -0.584. The third-order valence-electron chi connectivity index (χ3n) is 3.98. The van der Waals surface area contributed by atoms with Crippen molar-refractivity contribution >= 4 is 46.5 Å². The highest BCUT2D eigenvalue weighted by Gasteiger charge is 2.40. The summed E-state index contributed by atoms with van der Waals surface area (Å²) in [7, 11) is 0. The van der Waals surface area contributed by atoms with E-state index in [0.29, 0.717) is 30.3 Å². The van der Waals surface area contributed by atoms with Gasteiger partial charge in [0.2, 0.25) is 0 Å². The first-order valence-electron chi connectivity index (χ1n) is 8.87. The fourth-order valence-electron chi connectivity index (χ4n) is 2.77. The largest absolute Gasteiger partial charge is 0.490 e. The quantitative estimate of drug-likeness (QED) is 0.336. The van der Waals surface area contributed by atoms with E-state index in [9.17, 15) is 14.4 Å². The van der Waals surface area contributed by atoms with Crippen LogP contribution in [-0.4, -0.2) is 53.9 Å². The highest BCUT2D eigenvalue weighted by atomic mass is 127. The molecule has 7 nitrogen and oxygen atoms in total. The maximum absolute atomic E-state index is 12.6. The number of imide groups is 2. The highest BCUT2D eigenvalue weighted by Crippen LogP contribution is 2.35. The summed E-state index contributed by atoms with van der Waals surface area (Å²) in [6.45, 7) is 8.49. The number of amides is 4. The van der Waals surface area contributed by atoms with Crippen LogP contribution in [0.15, 0.2) is 17.7 Å². The normalized spacial score (nSPS) is 14.7. The number of hydrogen-bond acceptors (Lipinski definition) is 5. The van der Waals surface area contributed by atoms with Crippen LogP contribution in [0.25, 0.3) is 6.08 Å². The van der Waals surface area contributed by atoms with Crippen LogP contribution in [0.1, 0.15) is 33.3 Å². The van der Waals surface area contributed by atoms with Crippen molar-refractivity contribution in [2.24, 2.45) is 0 Å². The zero-order chi connectivity index (χ0) is 20.1. The van der Waals surface area contributed by atoms with E-state index in [2.05, 4.69) is 22.6 Å². The Balaban J connectivity index is 2.53. The SMILES string of the molecule is CCOc1cc(C=C2C(=O)N(CC)C(=O)N(CC)C2=O)cc(I)c1OCC. The van der Waals surface area contributed by atoms with E-state index >= 15 is 0 Å². The summed E-state index contributed by atoms with van der Waals surface area (Å²) in [5.41, 5.74) is 0.588. The Morgan fingerprint density at radius 3 is 1.96 bits per heavy atom. The summed E-state index contributed by atoms with van der Waals surface area (Å²) in [4.78, 5) is 39.7. The summed E-state index contributed by atoms with van der Waals surface area (Å²) in [5.74, 6) is 0.00614. The Bertz CT molecular complexity index is 763. The van der Waals surface area contributed by atoms with E-state index in [1.165, 1.54) is 6.08 Å². The number of urea groups is 1. The van der Waals surface area contributed by atoms with Crippen molar-refractivity contribution in [3.63, 3.8) is 0 Å². The minimum Gasteiger partial charge on any atom is -0.490 e. The zero-order valence-corrected chi connectivity index (χ0v) is 18.0. The van der Waals surface area contributed by atoms with E-state index in [1.807, 2.05) is 19.9 Å². The van der Waals surface area contributed by atoms with Crippen LogP contribution in [0, 0.1) is 3.57 Å². The molecule has 1 aromatic rings. The van der Waals surface area contributed by atoms with Gasteiger partial charge in [0, 0.05) is 13.1 Å². The van der Waals surface area contributed by atoms with E-state index in [-0.39, 0.29) is 18.7 Å². The maximum atomic E-state index is 12.6. The number of barbiturate groups is 1. The molecule has 1 saturated heterocycles. The van der Waals surface area contributed by atoms with Crippen molar-refractivity contribution in [3.8, 4) is 11.5 Å². The molecule has 1 fully saturated rings. The molecule has 0 bridgehead atoms. The molecule has 1 aromatic carbocycles. The lowest BCUT2D eigenvalue weighted by atomic mass is 10.1. The molecule has 4 amide bonds. The molecule has 1 aliphatic heterocycles. The summed E-state index contributed by atoms with van der Waals surface area (Å²) in [6, 6.07) is 2.96. The molecule has 2 rings (SSSR count). The second-order valence-corrected chi connectivity index (χ2v) is 6.80. The Morgan fingerprint density at radius 1 is 0.926 bits per heavy atom. The number of hydrogen-bond donors (Lipinski definition) is 0. The van der Waals surface area contributed by atoms with Crippen molar-refractivity contribution in [2.75, 3.05) is 26.3 Å². The standard InChI is InChI=1S/C19H23IN2O5/c1-5-21-17(23)13(18(24)22(6-2)19(21)25)9-12-10-14(20)16(27-8-4)15(11-12)26-7-3/h9-11H,5-8H2,1-4H3. The predicted octanol–water partition coefficient (Wildman–Crippen LogP) is 3.30. The Labute approximate surface area is 172 Å². The zero-order valence-electron chi connectivity index (χ0n) is 15.9. The van der Waals surface area contributed by atoms with Gasteiger partial charge < -0.3 is 9.47 Å². The molecule has 0 aromatic heterocycles. The average Bonchev–Trinajstić information content (AvgIpc) is 2.62. The first-order chi connectivity index (χ1) is 12.9. The number of ether oxygens (including phenoxy) is 2. The van der Waals surface area contributed by atoms with Gasteiger partial charge in [0.1, 0.15) is 5.57 Å². The lowest BCUT2D eigenvalue weighted by Crippen LogP contribution is -2.56. The number of nitrogens with zero attached hydrogens (tertiary/aromatic N) is 2. The van der Waals surface area contributed by atoms with Crippen molar-refractivity contribution in [1.29, 1.82) is 0 Å². The van der Waals surface area contributed by atoms with Gasteiger partial charge >= 0.3 is 6.03 Å². The number of carbonyl (C=O) groups is 3. The summed E-state index contributed by atoms with van der Waals surface area (Å²) < 4.78 is 12.1. The first kappa shape index (κ1) is 21.2. The lowest BCUT2D eigenvalue weighted by molar-refractivity contribution is -0.135. The summed E-state index contributed by atoms with van der Waals surface area (Å²) >= 11 is 2.13. The van der Waals surface area contributed by atoms with Gasteiger partial charge in [-0.25, -0.2) is 4.79 Å². The number of likely N-dealkylation sites (N-methyl/N-ethyl adjacent to an activating group) is 2. The number of rotatable bonds is 7. The molecule has 8 heteroatoms. The third-order valence-corrected chi connectivity index (χ3v) is 4.78. The van der Waals surface area contributed by atoms with E-state index < -0.39 is 17.8 Å². The molecular formula is C19H23IN2O5. The monoisotopic (exact) mass is 486 g/mol. The van der Waals surface area contributed by atoms with Crippen LogP contribution in [0.2, 0.25) is 0 Å². The van der Waals surface area contributed by atoms with Crippen molar-refractivity contribution in [3.05, 3.63) is 26.8 Å². The second-order valence-electron chi connectivity index (χ2n) is 5.64. The smallest absolute Gasteiger partial charge is 0.333 e. The fourth-order valence-corrected chi connectivity index (χ4v) is 3.55. The topological polar surface area (TPSA) is 76.2 Å². The van der Waals surface area contributed by atoms with Gasteiger partial charge in [0.05, 0.1) is 16.8 Å². The molecule has 0 N–H and O–H groups in total. The molecule has 0 spiro atoms. The van der Waals surface area contributed by atoms with Crippen LogP contribution in [-0.2, 0) is 9.59 Å². The van der Waals surface area contributed by atoms with Gasteiger partial charge in [-0.05, 0) is 74.1 Å². The number of halogens is 1. The minimum absolute atomic E-state index is 0.0410. The Hall–Kier alpha value is -2.10. The van der Waals surface area contributed by atoms with E-state index in [4.69, 9.17) is 9.47 Å². The molecule has 27 heavy (non-hydrogen) atoms. The average molecular weight is 486 g/mol. The molecule has 1 heterocycles. The molecule has 0 unspecified atom stereocenters. The van der Waals surface area contributed by atoms with Crippen molar-refractivity contribution in [2.45, 2.75) is 27.7 Å². The van der Waals surface area contributed by atoms with E-state index in [0.717, 1.165) is 13.4 Å². The Morgan fingerprint density at radius 2 is 1.48 bits per heavy atom. The van der Waals surface area contributed by atoms with Crippen LogP contribution in [0.5, 0.6) is 11.5 Å². The molecule has 0 aliphatic carbocycles. The summed E-state index contributed by atoms with van der Waals surface area (Å²) in [6.07, 6.45) is 1.50. The number of carbonyl (C=O) groups excluding carboxylic acids is 3. The molecule has 146 valence electrons. The van der Waals surface area contributed by atoms with Gasteiger partial charge in [-0.3, -0.25) is 19.4 Å². The van der Waals surface area contributed by atoms with Gasteiger partial charge in [-0.2, -0.15) is 0 Å². The van der Waals surface area contributed by atoms with Crippen molar-refractivity contribution < 1.29 is 23.9 Å². The van der Waals surface area contributed by atoms with Crippen LogP contribution < -0.4 is 9.47 Å². The number of benzene rings is 1. The molecule has 0 saturated carbocycles. The molecular weight excluding hydrogens is 463 g/mol. The van der Waals surface area contributed by atoms with E-state index in [1.54, 1.807) is 19.9 Å². The predicted molar refractivity (Wildman–Crippen MR) is 110 cm³/mol. The summed E-state index contributed by atoms with van der Waals surface area (Å²) in [5, 5.41) is 0. The van der Waals surface area contributed by atoms with Crippen molar-refractivity contribution in [1.82, 2.24) is 9.80 Å². The van der Waals surface area contributed by atoms with Gasteiger partial charge in [0.25, 0.3) is 11.8 Å². The molecule has 0 atom stereocenters. The lowest BCUT2D eigenvalue weighted by Gasteiger charge is -2.32.